The molecule has 2 aliphatic rings. The molecule has 0 amide bonds. The van der Waals surface area contributed by atoms with Crippen molar-refractivity contribution < 1.29 is 15.0 Å². The topological polar surface area (TPSA) is 95.7 Å². The van der Waals surface area contributed by atoms with Gasteiger partial charge in [-0.1, -0.05) is 46.0 Å². The van der Waals surface area contributed by atoms with Crippen LogP contribution in [0.5, 0.6) is 5.75 Å². The number of aromatic hydroxyl groups is 1. The highest BCUT2D eigenvalue weighted by Gasteiger charge is 2.22. The zero-order valence-corrected chi connectivity index (χ0v) is 22.3. The summed E-state index contributed by atoms with van der Waals surface area (Å²) in [5, 5.41) is 20.6. The molecule has 2 fully saturated rings. The van der Waals surface area contributed by atoms with Gasteiger partial charge in [0.2, 0.25) is 5.43 Å². The molecule has 1 aliphatic carbocycles. The number of hydrogen-bond acceptors (Lipinski definition) is 5. The van der Waals surface area contributed by atoms with Crippen LogP contribution in [0, 0.1) is 11.8 Å². The highest BCUT2D eigenvalue weighted by molar-refractivity contribution is 6.05. The molecule has 7 nitrogen and oxygen atoms in total. The number of likely N-dealkylation sites (tertiary alicyclic amines) is 1. The Kier molecular flexibility index (Phi) is 9.19. The summed E-state index contributed by atoms with van der Waals surface area (Å²) in [6.45, 7) is 8.09. The van der Waals surface area contributed by atoms with Crippen molar-refractivity contribution in [3.8, 4) is 5.75 Å². The molecule has 0 radical (unpaired) electrons. The average molecular weight is 508 g/mol. The number of hydrogen-bond donors (Lipinski definition) is 2. The summed E-state index contributed by atoms with van der Waals surface area (Å²) in [6.07, 6.45) is 14.5. The number of pyridine rings is 2. The van der Waals surface area contributed by atoms with Crippen molar-refractivity contribution in [2.75, 3.05) is 19.6 Å². The van der Waals surface area contributed by atoms with E-state index in [1.54, 1.807) is 18.2 Å². The standard InChI is InChI=1S/C28H35N3O4.C2H6/c32-21-6-7-25-22(16-21)26-23(17-29-25)27(33)24(28(34)35)18-31(26)15-11-20-9-13-30(14-10-20)12-8-19-4-2-1-3-5-19;1-2/h6-7,16-20,32H,1-5,8-15H2,(H,34,35);1-2H3. The van der Waals surface area contributed by atoms with E-state index in [0.717, 1.165) is 38.3 Å². The number of aromatic carboxylic acids is 1. The predicted molar refractivity (Wildman–Crippen MR) is 148 cm³/mol. The van der Waals surface area contributed by atoms with Crippen LogP contribution in [-0.2, 0) is 6.54 Å². The van der Waals surface area contributed by atoms with Crippen molar-refractivity contribution in [3.05, 3.63) is 46.4 Å². The van der Waals surface area contributed by atoms with E-state index in [9.17, 15) is 19.8 Å². The molecule has 0 unspecified atom stereocenters. The quantitative estimate of drug-likeness (QED) is 0.378. The van der Waals surface area contributed by atoms with Crippen molar-refractivity contribution in [2.24, 2.45) is 11.8 Å². The summed E-state index contributed by atoms with van der Waals surface area (Å²) in [5.41, 5.74) is 0.535. The van der Waals surface area contributed by atoms with Crippen LogP contribution in [0.2, 0.25) is 0 Å². The highest BCUT2D eigenvalue weighted by Crippen LogP contribution is 2.29. The fourth-order valence-electron chi connectivity index (χ4n) is 6.06. The first-order chi connectivity index (χ1) is 18.0. The molecule has 1 aromatic carbocycles. The zero-order chi connectivity index (χ0) is 26.4. The van der Waals surface area contributed by atoms with Crippen LogP contribution in [0.4, 0.5) is 0 Å². The average Bonchev–Trinajstić information content (AvgIpc) is 2.93. The molecule has 0 bridgehead atoms. The SMILES string of the molecule is CC.O=C(O)c1cn(CCC2CCN(CCC3CCCCC3)CC2)c2c(cnc3ccc(O)cc32)c1=O. The number of phenols is 1. The lowest BCUT2D eigenvalue weighted by atomic mass is 9.86. The number of aryl methyl sites for hydroxylation is 1. The van der Waals surface area contributed by atoms with Crippen molar-refractivity contribution >= 4 is 27.8 Å². The van der Waals surface area contributed by atoms with Crippen LogP contribution < -0.4 is 5.43 Å². The van der Waals surface area contributed by atoms with Gasteiger partial charge in [-0.05, 0) is 75.4 Å². The van der Waals surface area contributed by atoms with Gasteiger partial charge in [-0.2, -0.15) is 0 Å². The smallest absolute Gasteiger partial charge is 0.341 e. The molecule has 2 N–H and O–H groups in total. The molecule has 5 rings (SSSR count). The van der Waals surface area contributed by atoms with Crippen molar-refractivity contribution in [1.29, 1.82) is 0 Å². The molecule has 3 heterocycles. The van der Waals surface area contributed by atoms with Gasteiger partial charge in [-0.15, -0.1) is 0 Å². The van der Waals surface area contributed by atoms with Crippen LogP contribution in [0.1, 0.15) is 82.0 Å². The maximum Gasteiger partial charge on any atom is 0.341 e. The normalized spacial score (nSPS) is 17.6. The van der Waals surface area contributed by atoms with Gasteiger partial charge in [0.15, 0.2) is 0 Å². The first-order valence-electron chi connectivity index (χ1n) is 14.1. The van der Waals surface area contributed by atoms with E-state index in [1.165, 1.54) is 57.5 Å². The number of aromatic nitrogens is 2. The summed E-state index contributed by atoms with van der Waals surface area (Å²) in [5.74, 6) is 0.356. The zero-order valence-electron chi connectivity index (χ0n) is 22.3. The number of carboxylic acid groups (broad SMARTS) is 1. The molecular formula is C30H41N3O4. The lowest BCUT2D eigenvalue weighted by Gasteiger charge is -2.33. The second kappa shape index (κ2) is 12.5. The summed E-state index contributed by atoms with van der Waals surface area (Å²) in [6, 6.07) is 4.89. The van der Waals surface area contributed by atoms with Gasteiger partial charge in [-0.25, -0.2) is 4.79 Å². The van der Waals surface area contributed by atoms with E-state index in [-0.39, 0.29) is 16.7 Å². The van der Waals surface area contributed by atoms with Gasteiger partial charge in [0.05, 0.1) is 16.4 Å². The Bertz CT molecular complexity index is 1270. The lowest BCUT2D eigenvalue weighted by molar-refractivity contribution is 0.0694. The monoisotopic (exact) mass is 507 g/mol. The van der Waals surface area contributed by atoms with Gasteiger partial charge in [0.1, 0.15) is 11.3 Å². The number of fused-ring (bicyclic) bond motifs is 3. The molecule has 1 saturated heterocycles. The van der Waals surface area contributed by atoms with E-state index >= 15 is 0 Å². The molecular weight excluding hydrogens is 466 g/mol. The van der Waals surface area contributed by atoms with Gasteiger partial charge in [0, 0.05) is 24.3 Å². The van der Waals surface area contributed by atoms with Crippen molar-refractivity contribution in [3.63, 3.8) is 0 Å². The first-order valence-corrected chi connectivity index (χ1v) is 14.1. The van der Waals surface area contributed by atoms with E-state index < -0.39 is 11.4 Å². The van der Waals surface area contributed by atoms with Gasteiger partial charge >= 0.3 is 5.97 Å². The molecule has 37 heavy (non-hydrogen) atoms. The Morgan fingerprint density at radius 2 is 1.65 bits per heavy atom. The fourth-order valence-corrected chi connectivity index (χ4v) is 6.06. The number of carboxylic acids is 1. The maximum atomic E-state index is 12.9. The molecule has 200 valence electrons. The number of rotatable bonds is 7. The predicted octanol–water partition coefficient (Wildman–Crippen LogP) is 6.05. The van der Waals surface area contributed by atoms with E-state index in [2.05, 4.69) is 9.88 Å². The minimum absolute atomic E-state index is 0.0914. The van der Waals surface area contributed by atoms with E-state index in [0.29, 0.717) is 28.9 Å². The second-order valence-electron chi connectivity index (χ2n) is 10.5. The molecule has 2 aromatic heterocycles. The molecule has 0 spiro atoms. The van der Waals surface area contributed by atoms with Crippen LogP contribution in [0.25, 0.3) is 21.8 Å². The number of piperidine rings is 1. The third-order valence-electron chi connectivity index (χ3n) is 8.18. The summed E-state index contributed by atoms with van der Waals surface area (Å²) < 4.78 is 1.89. The Labute approximate surface area is 219 Å². The van der Waals surface area contributed by atoms with Crippen LogP contribution in [-0.4, -0.2) is 50.3 Å². The minimum atomic E-state index is -1.23. The Hall–Kier alpha value is -2.93. The highest BCUT2D eigenvalue weighted by atomic mass is 16.4. The summed E-state index contributed by atoms with van der Waals surface area (Å²) in [4.78, 5) is 31.6. The van der Waals surface area contributed by atoms with E-state index in [4.69, 9.17) is 0 Å². The van der Waals surface area contributed by atoms with Gasteiger partial charge in [0.25, 0.3) is 0 Å². The largest absolute Gasteiger partial charge is 0.508 e. The number of phenolic OH excluding ortho intramolecular Hbond substituents is 1. The third kappa shape index (κ3) is 6.32. The van der Waals surface area contributed by atoms with Crippen LogP contribution in [0.15, 0.2) is 35.4 Å². The van der Waals surface area contributed by atoms with Crippen LogP contribution >= 0.6 is 0 Å². The van der Waals surface area contributed by atoms with Gasteiger partial charge < -0.3 is 19.7 Å². The Morgan fingerprint density at radius 1 is 0.973 bits per heavy atom. The minimum Gasteiger partial charge on any atom is -0.508 e. The number of nitrogens with zero attached hydrogens (tertiary/aromatic N) is 3. The van der Waals surface area contributed by atoms with Crippen molar-refractivity contribution in [2.45, 2.75) is 78.2 Å². The Morgan fingerprint density at radius 3 is 2.35 bits per heavy atom. The number of carbonyl (C=O) groups is 1. The summed E-state index contributed by atoms with van der Waals surface area (Å²) in [7, 11) is 0. The van der Waals surface area contributed by atoms with Crippen LogP contribution in [0.3, 0.4) is 0 Å². The molecule has 1 saturated carbocycles. The molecule has 1 aliphatic heterocycles. The van der Waals surface area contributed by atoms with E-state index in [1.807, 2.05) is 18.4 Å². The van der Waals surface area contributed by atoms with Crippen molar-refractivity contribution in [1.82, 2.24) is 14.5 Å². The Balaban J connectivity index is 0.00000156. The molecule has 3 aromatic rings. The van der Waals surface area contributed by atoms with Gasteiger partial charge in [-0.3, -0.25) is 9.78 Å². The first kappa shape index (κ1) is 27.1. The second-order valence-corrected chi connectivity index (χ2v) is 10.5. The lowest BCUT2D eigenvalue weighted by Crippen LogP contribution is -2.35. The summed E-state index contributed by atoms with van der Waals surface area (Å²) >= 11 is 0. The molecule has 0 atom stereocenters. The maximum absolute atomic E-state index is 12.9. The number of benzene rings is 1. The third-order valence-corrected chi connectivity index (χ3v) is 8.18. The molecule has 7 heteroatoms. The fraction of sp³-hybridized carbons (Fsp3) is 0.567.